The summed E-state index contributed by atoms with van der Waals surface area (Å²) in [7, 11) is 0. The molecule has 0 aliphatic carbocycles. The molecule has 21 heavy (non-hydrogen) atoms. The highest BCUT2D eigenvalue weighted by molar-refractivity contribution is 5.23. The lowest BCUT2D eigenvalue weighted by Crippen LogP contribution is -2.41. The molecule has 0 bridgehead atoms. The molecule has 0 spiro atoms. The van der Waals surface area contributed by atoms with Crippen LogP contribution in [0.2, 0.25) is 0 Å². The second-order valence-corrected chi connectivity index (χ2v) is 5.70. The van der Waals surface area contributed by atoms with Crippen LogP contribution >= 0.6 is 0 Å². The fraction of sp³-hybridized carbons (Fsp3) is 0.625. The molecule has 0 saturated carbocycles. The zero-order chi connectivity index (χ0) is 15.4. The summed E-state index contributed by atoms with van der Waals surface area (Å²) >= 11 is 0. The van der Waals surface area contributed by atoms with Crippen LogP contribution in [0.1, 0.15) is 50.6 Å². The third-order valence-electron chi connectivity index (χ3n) is 4.41. The van der Waals surface area contributed by atoms with Crippen molar-refractivity contribution in [2.24, 2.45) is 5.73 Å². The number of likely N-dealkylation sites (tertiary alicyclic amines) is 1. The van der Waals surface area contributed by atoms with E-state index >= 15 is 0 Å². The first-order valence-corrected chi connectivity index (χ1v) is 7.68. The fourth-order valence-electron chi connectivity index (χ4n) is 3.28. The van der Waals surface area contributed by atoms with Crippen LogP contribution < -0.4 is 5.73 Å². The highest BCUT2D eigenvalue weighted by Gasteiger charge is 2.28. The van der Waals surface area contributed by atoms with Crippen molar-refractivity contribution in [2.75, 3.05) is 13.1 Å². The fourth-order valence-corrected chi connectivity index (χ4v) is 3.28. The predicted octanol–water partition coefficient (Wildman–Crippen LogP) is 3.76. The van der Waals surface area contributed by atoms with Gasteiger partial charge in [-0.25, -0.2) is 13.2 Å². The summed E-state index contributed by atoms with van der Waals surface area (Å²) in [6, 6.07) is 2.25. The summed E-state index contributed by atoms with van der Waals surface area (Å²) in [4.78, 5) is 2.24. The molecule has 2 unspecified atom stereocenters. The Morgan fingerprint density at radius 2 is 1.86 bits per heavy atom. The van der Waals surface area contributed by atoms with Gasteiger partial charge < -0.3 is 5.73 Å². The van der Waals surface area contributed by atoms with Crippen LogP contribution in [0, 0.1) is 17.5 Å². The van der Waals surface area contributed by atoms with Crippen LogP contribution in [0.15, 0.2) is 12.1 Å². The van der Waals surface area contributed by atoms with E-state index in [1.54, 1.807) is 0 Å². The highest BCUT2D eigenvalue weighted by atomic mass is 19.2. The van der Waals surface area contributed by atoms with Gasteiger partial charge >= 0.3 is 0 Å². The standard InChI is InChI=1S/C16H23F3N2/c1-2-12-6-4-3-5-7-21(12)15(10-20)11-8-13(17)16(19)14(18)9-11/h8-9,12,15H,2-7,10,20H2,1H3. The molecule has 1 aliphatic rings. The molecule has 0 radical (unpaired) electrons. The largest absolute Gasteiger partial charge is 0.329 e. The Morgan fingerprint density at radius 3 is 2.43 bits per heavy atom. The Hall–Kier alpha value is -1.07. The maximum absolute atomic E-state index is 13.5. The van der Waals surface area contributed by atoms with E-state index in [0.717, 1.165) is 44.4 Å². The average molecular weight is 300 g/mol. The quantitative estimate of drug-likeness (QED) is 0.858. The van der Waals surface area contributed by atoms with Crippen molar-refractivity contribution in [3.05, 3.63) is 35.1 Å². The molecule has 1 saturated heterocycles. The molecule has 1 aromatic rings. The lowest BCUT2D eigenvalue weighted by molar-refractivity contribution is 0.135. The van der Waals surface area contributed by atoms with Crippen molar-refractivity contribution in [1.82, 2.24) is 4.90 Å². The summed E-state index contributed by atoms with van der Waals surface area (Å²) in [6.45, 7) is 3.24. The van der Waals surface area contributed by atoms with Gasteiger partial charge in [-0.15, -0.1) is 0 Å². The molecule has 1 aromatic carbocycles. The second kappa shape index (κ2) is 7.27. The number of nitrogens with zero attached hydrogens (tertiary/aromatic N) is 1. The van der Waals surface area contributed by atoms with Crippen LogP contribution in [-0.4, -0.2) is 24.0 Å². The summed E-state index contributed by atoms with van der Waals surface area (Å²) in [5.74, 6) is -3.71. The van der Waals surface area contributed by atoms with Gasteiger partial charge in [0.2, 0.25) is 0 Å². The molecule has 1 aliphatic heterocycles. The lowest BCUT2D eigenvalue weighted by Gasteiger charge is -2.36. The molecule has 2 nitrogen and oxygen atoms in total. The number of rotatable bonds is 4. The molecule has 5 heteroatoms. The first-order chi connectivity index (χ1) is 10.1. The number of nitrogens with two attached hydrogens (primary N) is 1. The Balaban J connectivity index is 2.33. The van der Waals surface area contributed by atoms with Crippen molar-refractivity contribution in [1.29, 1.82) is 0 Å². The van der Waals surface area contributed by atoms with Crippen molar-refractivity contribution < 1.29 is 13.2 Å². The molecule has 2 rings (SSSR count). The third kappa shape index (κ3) is 3.58. The minimum absolute atomic E-state index is 0.265. The normalized spacial score (nSPS) is 22.0. The van der Waals surface area contributed by atoms with E-state index in [1.807, 2.05) is 0 Å². The van der Waals surface area contributed by atoms with Crippen LogP contribution in [0.5, 0.6) is 0 Å². The molecule has 1 heterocycles. The summed E-state index contributed by atoms with van der Waals surface area (Å²) in [6.07, 6.45) is 5.43. The van der Waals surface area contributed by atoms with Gasteiger partial charge in [0.1, 0.15) is 0 Å². The zero-order valence-electron chi connectivity index (χ0n) is 12.4. The number of hydrogen-bond donors (Lipinski definition) is 1. The summed E-state index contributed by atoms with van der Waals surface area (Å²) in [5.41, 5.74) is 6.29. The smallest absolute Gasteiger partial charge is 0.194 e. The average Bonchev–Trinajstić information content (AvgIpc) is 2.71. The van der Waals surface area contributed by atoms with Gasteiger partial charge in [-0.05, 0) is 43.5 Å². The SMILES string of the molecule is CCC1CCCCCN1C(CN)c1cc(F)c(F)c(F)c1. The van der Waals surface area contributed by atoms with E-state index in [1.165, 1.54) is 6.42 Å². The minimum atomic E-state index is -1.42. The molecule has 1 fully saturated rings. The number of halogens is 3. The second-order valence-electron chi connectivity index (χ2n) is 5.70. The maximum atomic E-state index is 13.5. The summed E-state index contributed by atoms with van der Waals surface area (Å²) < 4.78 is 40.1. The molecular weight excluding hydrogens is 277 g/mol. The molecule has 0 amide bonds. The van der Waals surface area contributed by atoms with E-state index < -0.39 is 17.5 Å². The molecular formula is C16H23F3N2. The van der Waals surface area contributed by atoms with E-state index in [2.05, 4.69) is 11.8 Å². The van der Waals surface area contributed by atoms with Gasteiger partial charge in [-0.3, -0.25) is 4.90 Å². The van der Waals surface area contributed by atoms with Crippen molar-refractivity contribution in [3.8, 4) is 0 Å². The van der Waals surface area contributed by atoms with Crippen LogP contribution in [0.3, 0.4) is 0 Å². The Kier molecular flexibility index (Phi) is 5.65. The van der Waals surface area contributed by atoms with Crippen molar-refractivity contribution in [3.63, 3.8) is 0 Å². The summed E-state index contributed by atoms with van der Waals surface area (Å²) in [5, 5.41) is 0. The maximum Gasteiger partial charge on any atom is 0.194 e. The van der Waals surface area contributed by atoms with E-state index in [-0.39, 0.29) is 12.6 Å². The molecule has 2 N–H and O–H groups in total. The Morgan fingerprint density at radius 1 is 1.19 bits per heavy atom. The molecule has 0 aromatic heterocycles. The highest BCUT2D eigenvalue weighted by Crippen LogP contribution is 2.30. The predicted molar refractivity (Wildman–Crippen MR) is 77.4 cm³/mol. The number of hydrogen-bond acceptors (Lipinski definition) is 2. The minimum Gasteiger partial charge on any atom is -0.329 e. The number of benzene rings is 1. The van der Waals surface area contributed by atoms with Crippen LogP contribution in [0.4, 0.5) is 13.2 Å². The topological polar surface area (TPSA) is 29.3 Å². The van der Waals surface area contributed by atoms with Gasteiger partial charge in [0.15, 0.2) is 17.5 Å². The van der Waals surface area contributed by atoms with Gasteiger partial charge in [0, 0.05) is 18.6 Å². The van der Waals surface area contributed by atoms with Crippen LogP contribution in [-0.2, 0) is 0 Å². The Bertz CT molecular complexity index is 456. The lowest BCUT2D eigenvalue weighted by atomic mass is 10.00. The van der Waals surface area contributed by atoms with E-state index in [4.69, 9.17) is 5.73 Å². The first-order valence-electron chi connectivity index (χ1n) is 7.68. The van der Waals surface area contributed by atoms with Gasteiger partial charge in [-0.1, -0.05) is 19.8 Å². The monoisotopic (exact) mass is 300 g/mol. The molecule has 2 atom stereocenters. The van der Waals surface area contributed by atoms with Crippen molar-refractivity contribution in [2.45, 2.75) is 51.1 Å². The van der Waals surface area contributed by atoms with Gasteiger partial charge in [-0.2, -0.15) is 0 Å². The third-order valence-corrected chi connectivity index (χ3v) is 4.41. The zero-order valence-corrected chi connectivity index (χ0v) is 12.4. The Labute approximate surface area is 124 Å². The van der Waals surface area contributed by atoms with Crippen LogP contribution in [0.25, 0.3) is 0 Å². The first kappa shape index (κ1) is 16.3. The van der Waals surface area contributed by atoms with E-state index in [0.29, 0.717) is 11.6 Å². The van der Waals surface area contributed by atoms with Gasteiger partial charge in [0.05, 0.1) is 0 Å². The molecule has 118 valence electrons. The van der Waals surface area contributed by atoms with Gasteiger partial charge in [0.25, 0.3) is 0 Å². The van der Waals surface area contributed by atoms with E-state index in [9.17, 15) is 13.2 Å². The van der Waals surface area contributed by atoms with Crippen molar-refractivity contribution >= 4 is 0 Å².